The van der Waals surface area contributed by atoms with Gasteiger partial charge < -0.3 is 19.3 Å². The minimum absolute atomic E-state index is 0.581. The van der Waals surface area contributed by atoms with Crippen LogP contribution in [0, 0.1) is 5.92 Å². The van der Waals surface area contributed by atoms with Crippen LogP contribution in [0.25, 0.3) is 0 Å². The number of rotatable bonds is 8. The van der Waals surface area contributed by atoms with Crippen molar-refractivity contribution >= 4 is 0 Å². The van der Waals surface area contributed by atoms with Crippen molar-refractivity contribution in [3.8, 4) is 11.5 Å². The van der Waals surface area contributed by atoms with E-state index in [1.165, 1.54) is 12.8 Å². The summed E-state index contributed by atoms with van der Waals surface area (Å²) < 4.78 is 16.2. The lowest BCUT2D eigenvalue weighted by atomic mass is 10.0. The number of aliphatic hydroxyl groups excluding tert-OH is 1. The van der Waals surface area contributed by atoms with Crippen molar-refractivity contribution in [2.45, 2.75) is 31.4 Å². The first-order valence-electron chi connectivity index (χ1n) is 8.43. The second-order valence-electron chi connectivity index (χ2n) is 6.54. The van der Waals surface area contributed by atoms with Crippen LogP contribution in [-0.2, 0) is 4.74 Å². The van der Waals surface area contributed by atoms with Gasteiger partial charge in [-0.25, -0.2) is 0 Å². The van der Waals surface area contributed by atoms with Crippen LogP contribution in [-0.4, -0.2) is 56.6 Å². The topological polar surface area (TPSA) is 51.2 Å². The molecule has 1 N–H and O–H groups in total. The second-order valence-corrected chi connectivity index (χ2v) is 6.54. The Hall–Kier alpha value is -1.30. The van der Waals surface area contributed by atoms with E-state index in [0.29, 0.717) is 24.3 Å². The van der Waals surface area contributed by atoms with Crippen molar-refractivity contribution in [3.63, 3.8) is 0 Å². The van der Waals surface area contributed by atoms with Crippen LogP contribution in [0.5, 0.6) is 11.5 Å². The molecule has 1 heterocycles. The fourth-order valence-corrected chi connectivity index (χ4v) is 3.29. The molecule has 0 spiro atoms. The fourth-order valence-electron chi connectivity index (χ4n) is 3.29. The molecule has 2 atom stereocenters. The number of aliphatic hydroxyl groups is 1. The average molecular weight is 321 g/mol. The van der Waals surface area contributed by atoms with E-state index in [1.807, 2.05) is 18.2 Å². The third-order valence-corrected chi connectivity index (χ3v) is 4.78. The summed E-state index contributed by atoms with van der Waals surface area (Å²) >= 11 is 0. The van der Waals surface area contributed by atoms with E-state index >= 15 is 0 Å². The van der Waals surface area contributed by atoms with Gasteiger partial charge in [0.2, 0.25) is 0 Å². The molecule has 1 saturated carbocycles. The molecule has 0 unspecified atom stereocenters. The average Bonchev–Trinajstić information content (AvgIpc) is 3.31. The molecule has 23 heavy (non-hydrogen) atoms. The normalized spacial score (nSPS) is 22.3. The maximum absolute atomic E-state index is 10.8. The molecule has 1 aromatic carbocycles. The summed E-state index contributed by atoms with van der Waals surface area (Å²) in [5, 5.41) is 10.8. The first kappa shape index (κ1) is 16.6. The number of ether oxygens (including phenoxy) is 3. The van der Waals surface area contributed by atoms with Crippen molar-refractivity contribution in [1.29, 1.82) is 0 Å². The molecule has 0 bridgehead atoms. The summed E-state index contributed by atoms with van der Waals surface area (Å²) in [5.41, 5.74) is 0.792. The molecule has 3 rings (SSSR count). The van der Waals surface area contributed by atoms with E-state index in [1.54, 1.807) is 14.2 Å². The molecule has 5 heteroatoms. The van der Waals surface area contributed by atoms with Gasteiger partial charge in [-0.3, -0.25) is 4.90 Å². The van der Waals surface area contributed by atoms with E-state index in [4.69, 9.17) is 14.2 Å². The lowest BCUT2D eigenvalue weighted by molar-refractivity contribution is 0.0921. The highest BCUT2D eigenvalue weighted by atomic mass is 16.5. The molecular formula is C18H27NO4. The van der Waals surface area contributed by atoms with E-state index in [0.717, 1.165) is 37.5 Å². The molecule has 1 aliphatic heterocycles. The van der Waals surface area contributed by atoms with Crippen LogP contribution in [0.4, 0.5) is 0 Å². The summed E-state index contributed by atoms with van der Waals surface area (Å²) in [5.74, 6) is 2.04. The maximum atomic E-state index is 10.8. The van der Waals surface area contributed by atoms with Crippen molar-refractivity contribution in [3.05, 3.63) is 23.8 Å². The van der Waals surface area contributed by atoms with Gasteiger partial charge in [-0.2, -0.15) is 0 Å². The van der Waals surface area contributed by atoms with Gasteiger partial charge in [0.25, 0.3) is 0 Å². The number of benzene rings is 1. The third-order valence-electron chi connectivity index (χ3n) is 4.78. The van der Waals surface area contributed by atoms with Gasteiger partial charge in [0.15, 0.2) is 0 Å². The predicted molar refractivity (Wildman–Crippen MR) is 88.0 cm³/mol. The number of nitrogens with zero attached hydrogens (tertiary/aromatic N) is 1. The Kier molecular flexibility index (Phi) is 5.41. The van der Waals surface area contributed by atoms with Gasteiger partial charge in [-0.05, 0) is 43.4 Å². The van der Waals surface area contributed by atoms with Crippen LogP contribution in [0.3, 0.4) is 0 Å². The molecule has 0 radical (unpaired) electrons. The number of methoxy groups -OCH3 is 2. The molecule has 1 saturated heterocycles. The van der Waals surface area contributed by atoms with Gasteiger partial charge in [-0.1, -0.05) is 0 Å². The molecule has 1 aromatic rings. The highest BCUT2D eigenvalue weighted by Crippen LogP contribution is 2.34. The summed E-state index contributed by atoms with van der Waals surface area (Å²) in [7, 11) is 3.26. The molecule has 2 aliphatic rings. The molecular weight excluding hydrogens is 294 g/mol. The summed E-state index contributed by atoms with van der Waals surface area (Å²) in [6.07, 6.45) is 3.01. The summed E-state index contributed by atoms with van der Waals surface area (Å²) in [4.78, 5) is 2.42. The van der Waals surface area contributed by atoms with E-state index < -0.39 is 6.10 Å². The van der Waals surface area contributed by atoms with Gasteiger partial charge >= 0.3 is 0 Å². The van der Waals surface area contributed by atoms with E-state index in [-0.39, 0.29) is 0 Å². The van der Waals surface area contributed by atoms with Crippen molar-refractivity contribution in [2.24, 2.45) is 5.92 Å². The molecule has 1 aliphatic carbocycles. The Morgan fingerprint density at radius 2 is 2.09 bits per heavy atom. The molecule has 0 aromatic heterocycles. The van der Waals surface area contributed by atoms with Crippen molar-refractivity contribution in [1.82, 2.24) is 4.90 Å². The molecule has 128 valence electrons. The lowest BCUT2D eigenvalue weighted by Gasteiger charge is -2.28. The monoisotopic (exact) mass is 321 g/mol. The fraction of sp³-hybridized carbons (Fsp3) is 0.667. The third kappa shape index (κ3) is 4.16. The number of hydrogen-bond acceptors (Lipinski definition) is 5. The Labute approximate surface area is 138 Å². The van der Waals surface area contributed by atoms with Crippen LogP contribution in [0.15, 0.2) is 18.2 Å². The van der Waals surface area contributed by atoms with Gasteiger partial charge in [0, 0.05) is 31.3 Å². The first-order chi connectivity index (χ1) is 11.2. The SMILES string of the molecule is COc1ccc(OC)c([C@@H](O)CN(C[C@H]2CCOC2)C2CC2)c1. The van der Waals surface area contributed by atoms with Gasteiger partial charge in [-0.15, -0.1) is 0 Å². The van der Waals surface area contributed by atoms with Crippen molar-refractivity contribution in [2.75, 3.05) is 40.5 Å². The zero-order valence-corrected chi connectivity index (χ0v) is 14.0. The van der Waals surface area contributed by atoms with Crippen LogP contribution in [0.2, 0.25) is 0 Å². The number of hydrogen-bond donors (Lipinski definition) is 1. The Morgan fingerprint density at radius 3 is 2.70 bits per heavy atom. The smallest absolute Gasteiger partial charge is 0.124 e. The maximum Gasteiger partial charge on any atom is 0.124 e. The summed E-state index contributed by atoms with van der Waals surface area (Å²) in [6.45, 7) is 3.36. The largest absolute Gasteiger partial charge is 0.497 e. The zero-order chi connectivity index (χ0) is 16.2. The minimum Gasteiger partial charge on any atom is -0.497 e. The first-order valence-corrected chi connectivity index (χ1v) is 8.43. The summed E-state index contributed by atoms with van der Waals surface area (Å²) in [6, 6.07) is 6.18. The zero-order valence-electron chi connectivity index (χ0n) is 14.0. The molecule has 5 nitrogen and oxygen atoms in total. The molecule has 0 amide bonds. The van der Waals surface area contributed by atoms with Gasteiger partial charge in [0.1, 0.15) is 11.5 Å². The minimum atomic E-state index is -0.581. The quantitative estimate of drug-likeness (QED) is 0.796. The van der Waals surface area contributed by atoms with E-state index in [9.17, 15) is 5.11 Å². The van der Waals surface area contributed by atoms with Crippen LogP contribution in [0.1, 0.15) is 30.9 Å². The molecule has 2 fully saturated rings. The Balaban J connectivity index is 1.69. The highest BCUT2D eigenvalue weighted by molar-refractivity contribution is 5.41. The highest BCUT2D eigenvalue weighted by Gasteiger charge is 2.33. The van der Waals surface area contributed by atoms with E-state index in [2.05, 4.69) is 4.90 Å². The van der Waals surface area contributed by atoms with Gasteiger partial charge in [0.05, 0.1) is 26.9 Å². The van der Waals surface area contributed by atoms with Crippen LogP contribution >= 0.6 is 0 Å². The predicted octanol–water partition coefficient (Wildman–Crippen LogP) is 2.24. The lowest BCUT2D eigenvalue weighted by Crippen LogP contribution is -2.35. The van der Waals surface area contributed by atoms with Crippen molar-refractivity contribution < 1.29 is 19.3 Å². The Bertz CT molecular complexity index is 512. The standard InChI is InChI=1S/C18H27NO4/c1-21-15-5-6-18(22-2)16(9-15)17(20)11-19(14-3-4-14)10-13-7-8-23-12-13/h5-6,9,13-14,17,20H,3-4,7-8,10-12H2,1-2H3/t13-,17+/m1/s1. The Morgan fingerprint density at radius 1 is 1.26 bits per heavy atom. The van der Waals surface area contributed by atoms with Crippen LogP contribution < -0.4 is 9.47 Å². The second kappa shape index (κ2) is 7.51.